The van der Waals surface area contributed by atoms with E-state index in [9.17, 15) is 16.8 Å². The highest BCUT2D eigenvalue weighted by Gasteiger charge is 2.37. The van der Waals surface area contributed by atoms with Crippen molar-refractivity contribution in [1.29, 1.82) is 0 Å². The molecule has 0 radical (unpaired) electrons. The number of ether oxygens (including phenoxy) is 2. The fourth-order valence-corrected chi connectivity index (χ4v) is 8.18. The van der Waals surface area contributed by atoms with E-state index in [1.807, 2.05) is 0 Å². The molecule has 0 amide bonds. The summed E-state index contributed by atoms with van der Waals surface area (Å²) in [7, 11) is -6.30. The van der Waals surface area contributed by atoms with Crippen LogP contribution in [0.3, 0.4) is 0 Å². The zero-order valence-electron chi connectivity index (χ0n) is 14.5. The van der Waals surface area contributed by atoms with Crippen LogP contribution in [-0.2, 0) is 29.1 Å². The van der Waals surface area contributed by atoms with Crippen LogP contribution in [-0.4, -0.2) is 86.2 Å². The number of rotatable bonds is 6. The first-order valence-corrected chi connectivity index (χ1v) is 13.5. The van der Waals surface area contributed by atoms with Gasteiger partial charge in [-0.15, -0.1) is 23.2 Å². The number of thiocarbonyl (C=S) groups is 2. The lowest BCUT2D eigenvalue weighted by Crippen LogP contribution is -2.41. The van der Waals surface area contributed by atoms with E-state index in [1.165, 1.54) is 0 Å². The number of hydrogen-bond acceptors (Lipinski definition) is 8. The van der Waals surface area contributed by atoms with Gasteiger partial charge in [-0.1, -0.05) is 0 Å². The third-order valence-corrected chi connectivity index (χ3v) is 9.18. The number of hydrogen-bond donors (Lipinski definition) is 2. The van der Waals surface area contributed by atoms with E-state index >= 15 is 0 Å². The highest BCUT2D eigenvalue weighted by atomic mass is 35.5. The maximum absolute atomic E-state index is 11.5. The van der Waals surface area contributed by atoms with Gasteiger partial charge in [-0.2, -0.15) is 0 Å². The number of halogens is 2. The second-order valence-electron chi connectivity index (χ2n) is 6.36. The Morgan fingerprint density at radius 3 is 1.46 bits per heavy atom. The Morgan fingerprint density at radius 2 is 1.18 bits per heavy atom. The van der Waals surface area contributed by atoms with Crippen molar-refractivity contribution >= 4 is 77.7 Å². The Hall–Kier alpha value is -0.400. The molecule has 2 saturated heterocycles. The molecule has 2 heterocycles. The molecule has 0 aromatic rings. The topological polar surface area (TPSA) is 111 Å². The molecular formula is C14H20Cl2N2O6S4. The number of alkyl halides is 2. The SMILES string of the molecule is O=S1(=O)CC(Cl)C(NC(=S)OC/C=C/COC(=S)NC2CS(=O)(=O)CC2Cl)C1. The van der Waals surface area contributed by atoms with E-state index in [2.05, 4.69) is 10.6 Å². The van der Waals surface area contributed by atoms with Gasteiger partial charge in [0, 0.05) is 0 Å². The predicted octanol–water partition coefficient (Wildman–Crippen LogP) is 0.134. The summed E-state index contributed by atoms with van der Waals surface area (Å²) in [5, 5.41) is 4.59. The molecule has 4 atom stereocenters. The molecule has 4 unspecified atom stereocenters. The largest absolute Gasteiger partial charge is 0.467 e. The third-order valence-electron chi connectivity index (χ3n) is 3.96. The van der Waals surface area contributed by atoms with Crippen molar-refractivity contribution in [1.82, 2.24) is 10.6 Å². The summed E-state index contributed by atoms with van der Waals surface area (Å²) in [6, 6.07) is -0.944. The van der Waals surface area contributed by atoms with E-state index in [0.29, 0.717) is 0 Å². The first-order valence-electron chi connectivity index (χ1n) is 8.18. The third kappa shape index (κ3) is 7.79. The van der Waals surface area contributed by atoms with Gasteiger partial charge in [-0.05, 0) is 36.6 Å². The molecule has 2 aliphatic rings. The van der Waals surface area contributed by atoms with E-state index in [-0.39, 0.29) is 46.6 Å². The Kier molecular flexibility index (Phi) is 8.59. The zero-order valence-corrected chi connectivity index (χ0v) is 19.3. The highest BCUT2D eigenvalue weighted by molar-refractivity contribution is 7.92. The van der Waals surface area contributed by atoms with E-state index < -0.39 is 42.5 Å². The molecule has 160 valence electrons. The molecule has 0 spiro atoms. The Labute approximate surface area is 185 Å². The summed E-state index contributed by atoms with van der Waals surface area (Å²) < 4.78 is 56.5. The molecule has 28 heavy (non-hydrogen) atoms. The lowest BCUT2D eigenvalue weighted by molar-refractivity contribution is 0.325. The standard InChI is InChI=1S/C14H20Cl2N2O6S4/c15-9-5-27(19,20)7-11(9)17-13(25)23-3-1-2-4-24-14(26)18-12-8-28(21,22)6-10(12)16/h1-2,9-12H,3-8H2,(H,17,25)(H,18,26)/b2-1+. The smallest absolute Gasteiger partial charge is 0.257 e. The summed E-state index contributed by atoms with van der Waals surface area (Å²) >= 11 is 22.0. The van der Waals surface area contributed by atoms with Gasteiger partial charge in [-0.3, -0.25) is 0 Å². The fourth-order valence-electron chi connectivity index (χ4n) is 2.64. The summed E-state index contributed by atoms with van der Waals surface area (Å²) in [4.78, 5) is 0. The highest BCUT2D eigenvalue weighted by Crippen LogP contribution is 2.18. The molecule has 2 N–H and O–H groups in total. The molecule has 0 aromatic carbocycles. The number of nitrogens with one attached hydrogen (secondary N) is 2. The molecular weight excluding hydrogens is 491 g/mol. The van der Waals surface area contributed by atoms with Crippen LogP contribution in [0.2, 0.25) is 0 Å². The second-order valence-corrected chi connectivity index (χ2v) is 12.5. The lowest BCUT2D eigenvalue weighted by Gasteiger charge is -2.16. The predicted molar refractivity (Wildman–Crippen MR) is 117 cm³/mol. The average molecular weight is 511 g/mol. The van der Waals surface area contributed by atoms with Crippen molar-refractivity contribution in [2.45, 2.75) is 22.8 Å². The van der Waals surface area contributed by atoms with Gasteiger partial charge in [0.15, 0.2) is 19.7 Å². The van der Waals surface area contributed by atoms with Crippen LogP contribution in [0.4, 0.5) is 0 Å². The Bertz CT molecular complexity index is 765. The molecule has 14 heteroatoms. The molecule has 0 saturated carbocycles. The van der Waals surface area contributed by atoms with E-state index in [0.717, 1.165) is 0 Å². The van der Waals surface area contributed by atoms with Crippen LogP contribution >= 0.6 is 47.6 Å². The van der Waals surface area contributed by atoms with Crippen molar-refractivity contribution in [3.8, 4) is 0 Å². The maximum atomic E-state index is 11.5. The fraction of sp³-hybridized carbons (Fsp3) is 0.714. The van der Waals surface area contributed by atoms with Crippen LogP contribution in [0.25, 0.3) is 0 Å². The minimum atomic E-state index is -3.15. The van der Waals surface area contributed by atoms with Crippen molar-refractivity contribution in [3.05, 3.63) is 12.2 Å². The van der Waals surface area contributed by atoms with Crippen molar-refractivity contribution < 1.29 is 26.3 Å². The first kappa shape index (κ1) is 23.9. The van der Waals surface area contributed by atoms with Gasteiger partial charge in [0.2, 0.25) is 0 Å². The van der Waals surface area contributed by atoms with Gasteiger partial charge < -0.3 is 20.1 Å². The van der Waals surface area contributed by atoms with Gasteiger partial charge >= 0.3 is 0 Å². The summed E-state index contributed by atoms with van der Waals surface area (Å²) in [6.45, 7) is 0.291. The molecule has 2 rings (SSSR count). The van der Waals surface area contributed by atoms with Crippen LogP contribution in [0.5, 0.6) is 0 Å². The second kappa shape index (κ2) is 10.1. The molecule has 0 bridgehead atoms. The molecule has 2 fully saturated rings. The first-order chi connectivity index (χ1) is 13.0. The zero-order chi connectivity index (χ0) is 20.9. The van der Waals surface area contributed by atoms with Crippen LogP contribution in [0.15, 0.2) is 12.2 Å². The Morgan fingerprint density at radius 1 is 0.821 bits per heavy atom. The monoisotopic (exact) mass is 510 g/mol. The van der Waals surface area contributed by atoms with E-state index in [4.69, 9.17) is 57.1 Å². The summed E-state index contributed by atoms with van der Waals surface area (Å²) in [5.74, 6) is -0.330. The molecule has 8 nitrogen and oxygen atoms in total. The minimum absolute atomic E-state index is 0.0612. The molecule has 2 aliphatic heterocycles. The van der Waals surface area contributed by atoms with Crippen molar-refractivity contribution in [2.75, 3.05) is 36.2 Å². The van der Waals surface area contributed by atoms with Crippen LogP contribution in [0.1, 0.15) is 0 Å². The summed E-state index contributed by atoms with van der Waals surface area (Å²) in [6.07, 6.45) is 3.29. The average Bonchev–Trinajstić information content (AvgIpc) is 2.95. The van der Waals surface area contributed by atoms with Gasteiger partial charge in [0.1, 0.15) is 13.2 Å². The Balaban J connectivity index is 1.60. The van der Waals surface area contributed by atoms with Gasteiger partial charge in [-0.25, -0.2) is 16.8 Å². The summed E-state index contributed by atoms with van der Waals surface area (Å²) in [5.41, 5.74) is 0. The minimum Gasteiger partial charge on any atom is -0.467 e. The van der Waals surface area contributed by atoms with E-state index in [1.54, 1.807) is 12.2 Å². The van der Waals surface area contributed by atoms with Crippen molar-refractivity contribution in [2.24, 2.45) is 0 Å². The van der Waals surface area contributed by atoms with Crippen molar-refractivity contribution in [3.63, 3.8) is 0 Å². The van der Waals surface area contributed by atoms with Crippen LogP contribution < -0.4 is 10.6 Å². The van der Waals surface area contributed by atoms with Gasteiger partial charge in [0.05, 0.1) is 45.8 Å². The van der Waals surface area contributed by atoms with Crippen LogP contribution in [0, 0.1) is 0 Å². The number of sulfone groups is 2. The maximum Gasteiger partial charge on any atom is 0.257 e. The van der Waals surface area contributed by atoms with Gasteiger partial charge in [0.25, 0.3) is 10.3 Å². The lowest BCUT2D eigenvalue weighted by atomic mass is 10.3. The molecule has 0 aromatic heterocycles. The molecule has 0 aliphatic carbocycles. The quantitative estimate of drug-likeness (QED) is 0.290. The normalized spacial score (nSPS) is 30.8.